The van der Waals surface area contributed by atoms with Crippen LogP contribution in [0.15, 0.2) is 36.7 Å². The normalized spacial score (nSPS) is 12.7. The summed E-state index contributed by atoms with van der Waals surface area (Å²) < 4.78 is 11.1. The summed E-state index contributed by atoms with van der Waals surface area (Å²) >= 11 is 0. The van der Waals surface area contributed by atoms with Gasteiger partial charge in [-0.3, -0.25) is 4.98 Å². The minimum atomic E-state index is -1.53. The lowest BCUT2D eigenvalue weighted by molar-refractivity contribution is 0.320. The fourth-order valence-electron chi connectivity index (χ4n) is 2.34. The molecule has 0 aliphatic carbocycles. The molecule has 0 radical (unpaired) electrons. The fourth-order valence-corrected chi connectivity index (χ4v) is 2.34. The predicted molar refractivity (Wildman–Crippen MR) is 78.9 cm³/mol. The maximum absolute atomic E-state index is 9.09. The van der Waals surface area contributed by atoms with E-state index in [9.17, 15) is 0 Å². The molecule has 1 aromatic carbocycles. The van der Waals surface area contributed by atoms with E-state index in [-0.39, 0.29) is 0 Å². The highest BCUT2D eigenvalue weighted by atomic mass is 16.5. The van der Waals surface area contributed by atoms with E-state index in [1.807, 2.05) is 12.1 Å². The summed E-state index contributed by atoms with van der Waals surface area (Å²) in [7, 11) is -1.53. The molecular weight excluding hydrogens is 269 g/mol. The van der Waals surface area contributed by atoms with E-state index < -0.39 is 7.12 Å². The first-order chi connectivity index (χ1) is 10.2. The summed E-state index contributed by atoms with van der Waals surface area (Å²) in [5.74, 6) is 1.51. The van der Waals surface area contributed by atoms with Crippen molar-refractivity contribution in [2.24, 2.45) is 0 Å². The van der Waals surface area contributed by atoms with Gasteiger partial charge in [0.1, 0.15) is 11.5 Å². The Balaban J connectivity index is 1.57. The molecule has 2 heterocycles. The molecule has 0 saturated carbocycles. The lowest BCUT2D eigenvalue weighted by Gasteiger charge is -2.08. The Labute approximate surface area is 123 Å². The van der Waals surface area contributed by atoms with E-state index in [2.05, 4.69) is 11.1 Å². The highest BCUT2D eigenvalue weighted by molar-refractivity contribution is 6.58. The molecule has 1 aliphatic rings. The van der Waals surface area contributed by atoms with Crippen molar-refractivity contribution in [3.8, 4) is 11.5 Å². The van der Waals surface area contributed by atoms with Crippen molar-refractivity contribution < 1.29 is 19.5 Å². The summed E-state index contributed by atoms with van der Waals surface area (Å²) in [6, 6.07) is 7.77. The predicted octanol–water partition coefficient (Wildman–Crippen LogP) is 0.318. The van der Waals surface area contributed by atoms with E-state index in [0.29, 0.717) is 17.8 Å². The topological polar surface area (TPSA) is 71.8 Å². The first-order valence-electron chi connectivity index (χ1n) is 6.91. The van der Waals surface area contributed by atoms with Crippen molar-refractivity contribution in [2.75, 3.05) is 13.2 Å². The molecule has 0 saturated heterocycles. The van der Waals surface area contributed by atoms with Crippen LogP contribution in [-0.2, 0) is 12.8 Å². The highest BCUT2D eigenvalue weighted by Gasteiger charge is 2.13. The summed E-state index contributed by atoms with van der Waals surface area (Å²) in [4.78, 5) is 3.92. The third-order valence-corrected chi connectivity index (χ3v) is 3.45. The number of hydrogen-bond donors (Lipinski definition) is 2. The number of nitrogens with zero attached hydrogens (tertiary/aromatic N) is 1. The summed E-state index contributed by atoms with van der Waals surface area (Å²) in [6.45, 7) is 1.27. The van der Waals surface area contributed by atoms with Crippen molar-refractivity contribution in [3.63, 3.8) is 0 Å². The zero-order valence-electron chi connectivity index (χ0n) is 11.5. The second-order valence-corrected chi connectivity index (χ2v) is 4.97. The molecule has 5 nitrogen and oxygen atoms in total. The molecule has 0 atom stereocenters. The van der Waals surface area contributed by atoms with Gasteiger partial charge in [-0.15, -0.1) is 0 Å². The summed E-state index contributed by atoms with van der Waals surface area (Å²) in [5.41, 5.74) is 2.77. The quantitative estimate of drug-likeness (QED) is 0.774. The molecule has 0 spiro atoms. The molecule has 0 unspecified atom stereocenters. The van der Waals surface area contributed by atoms with Crippen LogP contribution in [0.25, 0.3) is 0 Å². The number of ether oxygens (including phenoxy) is 2. The van der Waals surface area contributed by atoms with Crippen LogP contribution >= 0.6 is 0 Å². The third-order valence-electron chi connectivity index (χ3n) is 3.45. The molecule has 0 amide bonds. The highest BCUT2D eigenvalue weighted by Crippen LogP contribution is 2.26. The van der Waals surface area contributed by atoms with Crippen LogP contribution in [0, 0.1) is 0 Å². The number of fused-ring (bicyclic) bond motifs is 1. The first-order valence-corrected chi connectivity index (χ1v) is 6.91. The Hall–Kier alpha value is -2.05. The minimum absolute atomic E-state index is 0.321. The van der Waals surface area contributed by atoms with Crippen molar-refractivity contribution in [1.82, 2.24) is 4.98 Å². The molecule has 21 heavy (non-hydrogen) atoms. The largest absolute Gasteiger partial charge is 0.493 e. The fraction of sp³-hybridized carbons (Fsp3) is 0.267. The second-order valence-electron chi connectivity index (χ2n) is 4.97. The van der Waals surface area contributed by atoms with Crippen LogP contribution in [0.3, 0.4) is 0 Å². The van der Waals surface area contributed by atoms with Gasteiger partial charge in [0.25, 0.3) is 0 Å². The summed E-state index contributed by atoms with van der Waals surface area (Å²) in [5, 5.41) is 18.2. The van der Waals surface area contributed by atoms with Gasteiger partial charge >= 0.3 is 7.12 Å². The van der Waals surface area contributed by atoms with Crippen LogP contribution < -0.4 is 14.9 Å². The SMILES string of the molecule is OB(O)c1cncc(OCCc2ccc3c(c2)CCO3)c1. The van der Waals surface area contributed by atoms with Crippen LogP contribution in [-0.4, -0.2) is 35.4 Å². The van der Waals surface area contributed by atoms with Gasteiger partial charge in [-0.1, -0.05) is 12.1 Å². The second kappa shape index (κ2) is 6.16. The van der Waals surface area contributed by atoms with Gasteiger partial charge in [0, 0.05) is 24.5 Å². The van der Waals surface area contributed by atoms with E-state index >= 15 is 0 Å². The molecule has 2 N–H and O–H groups in total. The number of benzene rings is 1. The van der Waals surface area contributed by atoms with E-state index in [4.69, 9.17) is 19.5 Å². The molecule has 108 valence electrons. The molecule has 0 fully saturated rings. The van der Waals surface area contributed by atoms with Gasteiger partial charge in [0.2, 0.25) is 0 Å². The van der Waals surface area contributed by atoms with Gasteiger partial charge in [0.15, 0.2) is 0 Å². The zero-order chi connectivity index (χ0) is 14.7. The van der Waals surface area contributed by atoms with Gasteiger partial charge in [-0.2, -0.15) is 0 Å². The maximum atomic E-state index is 9.09. The Morgan fingerprint density at radius 2 is 2.14 bits per heavy atom. The number of aromatic nitrogens is 1. The van der Waals surface area contributed by atoms with Gasteiger partial charge in [-0.25, -0.2) is 0 Å². The molecular formula is C15H16BNO4. The van der Waals surface area contributed by atoms with E-state index in [0.717, 1.165) is 25.2 Å². The van der Waals surface area contributed by atoms with Crippen molar-refractivity contribution in [1.29, 1.82) is 0 Å². The molecule has 6 heteroatoms. The van der Waals surface area contributed by atoms with Crippen molar-refractivity contribution in [3.05, 3.63) is 47.8 Å². The molecule has 1 aliphatic heterocycles. The van der Waals surface area contributed by atoms with Gasteiger partial charge in [0.05, 0.1) is 19.4 Å². The average molecular weight is 285 g/mol. The van der Waals surface area contributed by atoms with Crippen LogP contribution in [0.4, 0.5) is 0 Å². The average Bonchev–Trinajstić information content (AvgIpc) is 2.95. The zero-order valence-corrected chi connectivity index (χ0v) is 11.5. The van der Waals surface area contributed by atoms with Crippen LogP contribution in [0.1, 0.15) is 11.1 Å². The minimum Gasteiger partial charge on any atom is -0.493 e. The van der Waals surface area contributed by atoms with Gasteiger partial charge in [-0.05, 0) is 23.3 Å². The molecule has 1 aromatic heterocycles. The van der Waals surface area contributed by atoms with Crippen LogP contribution in [0.2, 0.25) is 0 Å². The smallest absolute Gasteiger partial charge is 0.490 e. The molecule has 3 rings (SSSR count). The third kappa shape index (κ3) is 3.35. The van der Waals surface area contributed by atoms with E-state index in [1.165, 1.54) is 17.3 Å². The van der Waals surface area contributed by atoms with Crippen molar-refractivity contribution >= 4 is 12.6 Å². The lowest BCUT2D eigenvalue weighted by Crippen LogP contribution is -2.30. The van der Waals surface area contributed by atoms with E-state index in [1.54, 1.807) is 12.3 Å². The summed E-state index contributed by atoms with van der Waals surface area (Å²) in [6.07, 6.45) is 4.70. The Bertz CT molecular complexity index is 633. The maximum Gasteiger partial charge on any atom is 0.490 e. The molecule has 2 aromatic rings. The van der Waals surface area contributed by atoms with Crippen molar-refractivity contribution in [2.45, 2.75) is 12.8 Å². The molecule has 0 bridgehead atoms. The number of rotatable bonds is 5. The monoisotopic (exact) mass is 285 g/mol. The standard InChI is InChI=1S/C15H16BNO4/c18-16(19)13-8-14(10-17-9-13)20-5-3-11-1-2-15-12(7-11)4-6-21-15/h1-2,7-10,18-19H,3-6H2. The van der Waals surface area contributed by atoms with Gasteiger partial charge < -0.3 is 19.5 Å². The Morgan fingerprint density at radius 1 is 1.24 bits per heavy atom. The first kappa shape index (κ1) is 13.9. The number of pyridine rings is 1. The number of hydrogen-bond acceptors (Lipinski definition) is 5. The Morgan fingerprint density at radius 3 is 3.00 bits per heavy atom. The van der Waals surface area contributed by atoms with Crippen LogP contribution in [0.5, 0.6) is 11.5 Å². The Kier molecular flexibility index (Phi) is 4.08. The lowest BCUT2D eigenvalue weighted by atomic mass is 9.82.